The van der Waals surface area contributed by atoms with Gasteiger partial charge in [0.15, 0.2) is 5.75 Å². The molecule has 10 heteroatoms. The van der Waals surface area contributed by atoms with Gasteiger partial charge in [-0.1, -0.05) is 6.07 Å². The van der Waals surface area contributed by atoms with Gasteiger partial charge in [0.25, 0.3) is 5.91 Å². The van der Waals surface area contributed by atoms with Crippen LogP contribution in [0.4, 0.5) is 11.6 Å². The van der Waals surface area contributed by atoms with Gasteiger partial charge in [0.05, 0.1) is 25.5 Å². The van der Waals surface area contributed by atoms with Crippen molar-refractivity contribution in [3.8, 4) is 17.0 Å². The molecule has 0 radical (unpaired) electrons. The molecule has 1 aromatic carbocycles. The maximum absolute atomic E-state index is 12.7. The minimum Gasteiger partial charge on any atom is -0.493 e. The summed E-state index contributed by atoms with van der Waals surface area (Å²) in [6.07, 6.45) is 9.41. The molecule has 1 aliphatic carbocycles. The van der Waals surface area contributed by atoms with Crippen molar-refractivity contribution in [3.63, 3.8) is 0 Å². The number of anilines is 2. The van der Waals surface area contributed by atoms with Crippen molar-refractivity contribution in [1.29, 1.82) is 0 Å². The average molecular weight is 478 g/mol. The summed E-state index contributed by atoms with van der Waals surface area (Å²) < 4.78 is 12.8. The summed E-state index contributed by atoms with van der Waals surface area (Å²) in [5, 5.41) is 10.8. The molecule has 10 nitrogen and oxygen atoms in total. The quantitative estimate of drug-likeness (QED) is 0.429. The summed E-state index contributed by atoms with van der Waals surface area (Å²) in [4.78, 5) is 21.8. The normalized spacial score (nSPS) is 17.1. The number of methoxy groups -OCH3 is 1. The Bertz CT molecular complexity index is 1170. The Morgan fingerprint density at radius 1 is 1.26 bits per heavy atom. The zero-order valence-corrected chi connectivity index (χ0v) is 19.8. The first-order valence-corrected chi connectivity index (χ1v) is 12.1. The van der Waals surface area contributed by atoms with Gasteiger partial charge in [-0.15, -0.1) is 0 Å². The van der Waals surface area contributed by atoms with E-state index < -0.39 is 0 Å². The standard InChI is InChI=1S/C25H31N7O3/c1-34-22-14-27-25(31-23(22)18-13-28-32(15-18)21(12-26)16-5-6-16)30-20-4-2-3-17(11-20)24(33)29-19-7-9-35-10-8-19/h2-4,11,13-16,19,21H,5-10,12,26H2,1H3,(H,29,33)(H,27,30,31). The fourth-order valence-electron chi connectivity index (χ4n) is 4.40. The smallest absolute Gasteiger partial charge is 0.251 e. The summed E-state index contributed by atoms with van der Waals surface area (Å²) in [5.41, 5.74) is 8.75. The van der Waals surface area contributed by atoms with Gasteiger partial charge in [-0.25, -0.2) is 9.97 Å². The first-order chi connectivity index (χ1) is 17.1. The SMILES string of the molecule is COc1cnc(Nc2cccc(C(=O)NC3CCOCC3)c2)nc1-c1cnn(C(CN)C2CC2)c1. The summed E-state index contributed by atoms with van der Waals surface area (Å²) in [7, 11) is 1.59. The lowest BCUT2D eigenvalue weighted by Crippen LogP contribution is -2.38. The van der Waals surface area contributed by atoms with E-state index in [9.17, 15) is 4.79 Å². The summed E-state index contributed by atoms with van der Waals surface area (Å²) in [6.45, 7) is 1.91. The molecular formula is C25H31N7O3. The molecule has 35 heavy (non-hydrogen) atoms. The van der Waals surface area contributed by atoms with Crippen molar-refractivity contribution in [2.45, 2.75) is 37.8 Å². The summed E-state index contributed by atoms with van der Waals surface area (Å²) >= 11 is 0. The number of amides is 1. The van der Waals surface area contributed by atoms with Gasteiger partial charge in [0.1, 0.15) is 5.69 Å². The van der Waals surface area contributed by atoms with E-state index >= 15 is 0 Å². The number of carbonyl (C=O) groups is 1. The number of nitrogens with one attached hydrogen (secondary N) is 2. The Hall–Kier alpha value is -3.50. The van der Waals surface area contributed by atoms with Crippen molar-refractivity contribution in [3.05, 3.63) is 48.4 Å². The van der Waals surface area contributed by atoms with Crippen molar-refractivity contribution >= 4 is 17.5 Å². The molecule has 0 spiro atoms. The van der Waals surface area contributed by atoms with Crippen LogP contribution >= 0.6 is 0 Å². The number of nitrogens with zero attached hydrogens (tertiary/aromatic N) is 4. The van der Waals surface area contributed by atoms with Gasteiger partial charge < -0.3 is 25.8 Å². The van der Waals surface area contributed by atoms with Crippen LogP contribution < -0.4 is 21.1 Å². The minimum atomic E-state index is -0.102. The Labute approximate surface area is 204 Å². The zero-order valence-electron chi connectivity index (χ0n) is 19.8. The molecule has 1 aliphatic heterocycles. The number of benzene rings is 1. The highest BCUT2D eigenvalue weighted by Crippen LogP contribution is 2.39. The number of rotatable bonds is 9. The van der Waals surface area contributed by atoms with E-state index in [0.717, 1.165) is 18.4 Å². The predicted molar refractivity (Wildman–Crippen MR) is 132 cm³/mol. The highest BCUT2D eigenvalue weighted by atomic mass is 16.5. The zero-order chi connectivity index (χ0) is 24.2. The van der Waals surface area contributed by atoms with Crippen LogP contribution in [0.5, 0.6) is 5.75 Å². The molecule has 1 saturated heterocycles. The van der Waals surface area contributed by atoms with Crippen molar-refractivity contribution in [2.75, 3.05) is 32.2 Å². The van der Waals surface area contributed by atoms with Gasteiger partial charge >= 0.3 is 0 Å². The molecule has 2 aromatic heterocycles. The first-order valence-electron chi connectivity index (χ1n) is 12.1. The Kier molecular flexibility index (Phi) is 6.91. The van der Waals surface area contributed by atoms with E-state index in [2.05, 4.69) is 25.7 Å². The highest BCUT2D eigenvalue weighted by Gasteiger charge is 2.32. The molecule has 5 rings (SSSR count). The number of hydrogen-bond acceptors (Lipinski definition) is 8. The molecule has 1 atom stereocenters. The lowest BCUT2D eigenvalue weighted by Gasteiger charge is -2.23. The molecule has 2 fully saturated rings. The van der Waals surface area contributed by atoms with Gasteiger partial charge in [-0.3, -0.25) is 9.48 Å². The molecule has 1 amide bonds. The summed E-state index contributed by atoms with van der Waals surface area (Å²) in [6, 6.07) is 7.63. The molecule has 2 aliphatic rings. The second kappa shape index (κ2) is 10.4. The van der Waals surface area contributed by atoms with E-state index in [1.807, 2.05) is 23.0 Å². The van der Waals surface area contributed by atoms with Crippen LogP contribution in [-0.4, -0.2) is 58.6 Å². The van der Waals surface area contributed by atoms with Crippen molar-refractivity contribution in [1.82, 2.24) is 25.1 Å². The third-order valence-corrected chi connectivity index (χ3v) is 6.53. The molecule has 1 unspecified atom stereocenters. The first kappa shape index (κ1) is 23.3. The molecule has 0 bridgehead atoms. The largest absolute Gasteiger partial charge is 0.493 e. The molecule has 4 N–H and O–H groups in total. The fraction of sp³-hybridized carbons (Fsp3) is 0.440. The van der Waals surface area contributed by atoms with Crippen LogP contribution in [0.2, 0.25) is 0 Å². The van der Waals surface area contributed by atoms with E-state index in [1.165, 1.54) is 12.8 Å². The van der Waals surface area contributed by atoms with Crippen LogP contribution in [0.3, 0.4) is 0 Å². The Balaban J connectivity index is 1.33. The lowest BCUT2D eigenvalue weighted by atomic mass is 10.1. The number of aromatic nitrogens is 4. The number of hydrogen-bond donors (Lipinski definition) is 3. The second-order valence-corrected chi connectivity index (χ2v) is 9.03. The fourth-order valence-corrected chi connectivity index (χ4v) is 4.40. The van der Waals surface area contributed by atoms with Gasteiger partial charge in [-0.2, -0.15) is 5.10 Å². The molecule has 3 aromatic rings. The van der Waals surface area contributed by atoms with Crippen LogP contribution in [0.1, 0.15) is 42.1 Å². The Morgan fingerprint density at radius 3 is 2.83 bits per heavy atom. The van der Waals surface area contributed by atoms with E-state index in [-0.39, 0.29) is 18.0 Å². The molecule has 3 heterocycles. The average Bonchev–Trinajstić information content (AvgIpc) is 3.61. The van der Waals surface area contributed by atoms with E-state index in [4.69, 9.17) is 15.2 Å². The van der Waals surface area contributed by atoms with Crippen LogP contribution in [0.15, 0.2) is 42.9 Å². The van der Waals surface area contributed by atoms with E-state index in [0.29, 0.717) is 54.3 Å². The molecular weight excluding hydrogens is 446 g/mol. The third-order valence-electron chi connectivity index (χ3n) is 6.53. The highest BCUT2D eigenvalue weighted by molar-refractivity contribution is 5.95. The van der Waals surface area contributed by atoms with Crippen molar-refractivity contribution < 1.29 is 14.3 Å². The van der Waals surface area contributed by atoms with Crippen LogP contribution in [0.25, 0.3) is 11.3 Å². The predicted octanol–water partition coefficient (Wildman–Crippen LogP) is 2.91. The van der Waals surface area contributed by atoms with Crippen molar-refractivity contribution in [2.24, 2.45) is 11.7 Å². The Morgan fingerprint density at radius 2 is 2.09 bits per heavy atom. The number of carbonyl (C=O) groups excluding carboxylic acids is 1. The molecule has 1 saturated carbocycles. The van der Waals surface area contributed by atoms with E-state index in [1.54, 1.807) is 31.6 Å². The molecule has 184 valence electrons. The lowest BCUT2D eigenvalue weighted by molar-refractivity contribution is 0.0696. The number of ether oxygens (including phenoxy) is 2. The maximum Gasteiger partial charge on any atom is 0.251 e. The van der Waals surface area contributed by atoms with Crippen LogP contribution in [-0.2, 0) is 4.74 Å². The van der Waals surface area contributed by atoms with Gasteiger partial charge in [0, 0.05) is 48.8 Å². The topological polar surface area (TPSA) is 129 Å². The third kappa shape index (κ3) is 5.44. The maximum atomic E-state index is 12.7. The number of nitrogens with two attached hydrogens (primary N) is 1. The second-order valence-electron chi connectivity index (χ2n) is 9.03. The monoisotopic (exact) mass is 477 g/mol. The van der Waals surface area contributed by atoms with Gasteiger partial charge in [-0.05, 0) is 49.8 Å². The van der Waals surface area contributed by atoms with Gasteiger partial charge in [0.2, 0.25) is 5.95 Å². The minimum absolute atomic E-state index is 0.102. The summed E-state index contributed by atoms with van der Waals surface area (Å²) in [5.74, 6) is 1.44. The van der Waals surface area contributed by atoms with Crippen LogP contribution in [0, 0.1) is 5.92 Å².